The molecule has 198 valence electrons. The Morgan fingerprint density at radius 1 is 1.24 bits per heavy atom. The van der Waals surface area contributed by atoms with E-state index in [0.717, 1.165) is 4.57 Å². The topological polar surface area (TPSA) is 179 Å². The molecule has 38 heavy (non-hydrogen) atoms. The van der Waals surface area contributed by atoms with Crippen molar-refractivity contribution < 1.29 is 19.5 Å². The van der Waals surface area contributed by atoms with E-state index in [1.807, 2.05) is 0 Å². The number of aliphatic hydroxyl groups is 1. The number of hydrazone groups is 1. The summed E-state index contributed by atoms with van der Waals surface area (Å²) in [4.78, 5) is 42.0. The number of aryl methyl sites for hydroxylation is 1. The Morgan fingerprint density at radius 2 is 1.95 bits per heavy atom. The molecule has 3 N–H and O–H groups in total. The molecule has 2 aromatic heterocycles. The Balaban J connectivity index is 1.63. The number of nitrogens with one attached hydrogen (secondary N) is 2. The van der Waals surface area contributed by atoms with Crippen LogP contribution in [0.2, 0.25) is 0 Å². The number of nitro groups is 1. The third kappa shape index (κ3) is 5.54. The molecule has 0 radical (unpaired) electrons. The number of anilines is 1. The molecule has 0 saturated carbocycles. The van der Waals surface area contributed by atoms with Crippen LogP contribution >= 0.6 is 0 Å². The fraction of sp³-hybridized carbons (Fsp3) is 0.250. The number of aliphatic hydroxyl groups excluding tert-OH is 1. The molecule has 2 heterocycles. The van der Waals surface area contributed by atoms with Gasteiger partial charge in [-0.2, -0.15) is 10.1 Å². The van der Waals surface area contributed by atoms with Crippen molar-refractivity contribution in [3.63, 3.8) is 0 Å². The number of non-ortho nitro benzene ring substituents is 1. The van der Waals surface area contributed by atoms with Crippen molar-refractivity contribution in [1.82, 2.24) is 19.1 Å². The number of nitro benzene ring substituents is 1. The van der Waals surface area contributed by atoms with Crippen LogP contribution < -0.4 is 26.1 Å². The van der Waals surface area contributed by atoms with E-state index in [1.165, 1.54) is 29.8 Å². The van der Waals surface area contributed by atoms with Crippen LogP contribution in [0.4, 0.5) is 11.6 Å². The van der Waals surface area contributed by atoms with Crippen LogP contribution in [0, 0.1) is 10.1 Å². The summed E-state index contributed by atoms with van der Waals surface area (Å²) in [5.74, 6) is 1.24. The van der Waals surface area contributed by atoms with Gasteiger partial charge in [-0.1, -0.05) is 12.1 Å². The summed E-state index contributed by atoms with van der Waals surface area (Å²) < 4.78 is 13.3. The van der Waals surface area contributed by atoms with Gasteiger partial charge in [0.05, 0.1) is 24.3 Å². The molecule has 0 bridgehead atoms. The van der Waals surface area contributed by atoms with Crippen LogP contribution in [0.5, 0.6) is 11.5 Å². The number of hydrogen-bond acceptors (Lipinski definition) is 10. The number of fused-ring (bicyclic) bond motifs is 1. The van der Waals surface area contributed by atoms with Crippen molar-refractivity contribution >= 4 is 28.5 Å². The summed E-state index contributed by atoms with van der Waals surface area (Å²) in [6, 6.07) is 12.8. The van der Waals surface area contributed by atoms with Crippen molar-refractivity contribution in [2.24, 2.45) is 12.1 Å². The third-order valence-corrected chi connectivity index (χ3v) is 5.70. The number of H-pyrrole nitrogens is 1. The quantitative estimate of drug-likeness (QED) is 0.158. The van der Waals surface area contributed by atoms with Gasteiger partial charge < -0.3 is 19.1 Å². The van der Waals surface area contributed by atoms with E-state index in [-0.39, 0.29) is 36.0 Å². The second-order valence-corrected chi connectivity index (χ2v) is 8.29. The van der Waals surface area contributed by atoms with Crippen molar-refractivity contribution in [2.75, 3.05) is 19.1 Å². The van der Waals surface area contributed by atoms with Crippen molar-refractivity contribution in [2.45, 2.75) is 19.6 Å². The number of nitrogens with zero attached hydrogens (tertiary/aromatic N) is 5. The molecule has 14 heteroatoms. The van der Waals surface area contributed by atoms with Gasteiger partial charge in [0.25, 0.3) is 11.2 Å². The molecule has 0 aliphatic heterocycles. The largest absolute Gasteiger partial charge is 0.497 e. The molecular weight excluding hydrogens is 498 g/mol. The zero-order valence-electron chi connectivity index (χ0n) is 20.7. The van der Waals surface area contributed by atoms with E-state index in [9.17, 15) is 24.8 Å². The summed E-state index contributed by atoms with van der Waals surface area (Å²) in [5, 5.41) is 26.1. The average Bonchev–Trinajstić information content (AvgIpc) is 3.28. The Morgan fingerprint density at radius 3 is 2.63 bits per heavy atom. The number of methoxy groups -OCH3 is 1. The van der Waals surface area contributed by atoms with Crippen LogP contribution in [0.1, 0.15) is 12.5 Å². The molecule has 0 saturated heterocycles. The van der Waals surface area contributed by atoms with Gasteiger partial charge in [0, 0.05) is 24.7 Å². The summed E-state index contributed by atoms with van der Waals surface area (Å²) in [5.41, 5.74) is 2.33. The molecule has 1 unspecified atom stereocenters. The summed E-state index contributed by atoms with van der Waals surface area (Å²) in [7, 11) is 3.00. The third-order valence-electron chi connectivity index (χ3n) is 5.70. The van der Waals surface area contributed by atoms with E-state index >= 15 is 0 Å². The molecule has 0 aliphatic rings. The highest BCUT2D eigenvalue weighted by atomic mass is 16.6. The van der Waals surface area contributed by atoms with Crippen molar-refractivity contribution in [3.8, 4) is 11.5 Å². The minimum atomic E-state index is -1.08. The Hall–Kier alpha value is -4.98. The summed E-state index contributed by atoms with van der Waals surface area (Å²) in [6.07, 6.45) is -1.08. The summed E-state index contributed by atoms with van der Waals surface area (Å²) in [6.45, 7) is 1.41. The average molecular weight is 524 g/mol. The highest BCUT2D eigenvalue weighted by molar-refractivity contribution is 5.99. The molecule has 0 amide bonds. The summed E-state index contributed by atoms with van der Waals surface area (Å²) >= 11 is 0. The normalized spacial score (nSPS) is 12.4. The Labute approximate surface area is 214 Å². The van der Waals surface area contributed by atoms with Gasteiger partial charge in [0.2, 0.25) is 5.95 Å². The molecule has 0 spiro atoms. The number of aromatic nitrogens is 4. The minimum absolute atomic E-state index is 0.0429. The second kappa shape index (κ2) is 11.0. The monoisotopic (exact) mass is 523 g/mol. The highest BCUT2D eigenvalue weighted by Gasteiger charge is 2.20. The van der Waals surface area contributed by atoms with E-state index in [4.69, 9.17) is 9.47 Å². The molecule has 4 rings (SSSR count). The molecule has 0 fully saturated rings. The Kier molecular flexibility index (Phi) is 7.53. The Bertz CT molecular complexity index is 1620. The SMILES string of the molecule is COc1ccc(OCC(O)Cn2c(NN=C(C)c3cccc([N+](=O)[O-])c3)nc3c2c(=O)[nH]c(=O)n3C)cc1. The van der Waals surface area contributed by atoms with Gasteiger partial charge in [-0.15, -0.1) is 0 Å². The van der Waals surface area contributed by atoms with Crippen LogP contribution in [0.3, 0.4) is 0 Å². The van der Waals surface area contributed by atoms with E-state index < -0.39 is 22.3 Å². The fourth-order valence-corrected chi connectivity index (χ4v) is 3.67. The first-order valence-corrected chi connectivity index (χ1v) is 11.4. The predicted octanol–water partition coefficient (Wildman–Crippen LogP) is 1.62. The molecule has 14 nitrogen and oxygen atoms in total. The standard InChI is InChI=1S/C24H25N7O7/c1-14(15-5-4-6-16(11-15)31(35)36)27-28-23-25-21-20(22(33)26-24(34)29(21)2)30(23)12-17(32)13-38-19-9-7-18(37-3)8-10-19/h4-11,17,32H,12-13H2,1-3H3,(H,25,28)(H,26,33,34). The lowest BCUT2D eigenvalue weighted by atomic mass is 10.1. The van der Waals surface area contributed by atoms with E-state index in [1.54, 1.807) is 44.4 Å². The fourth-order valence-electron chi connectivity index (χ4n) is 3.67. The second-order valence-electron chi connectivity index (χ2n) is 8.29. The molecule has 0 aliphatic carbocycles. The number of ether oxygens (including phenoxy) is 2. The maximum atomic E-state index is 12.7. The van der Waals surface area contributed by atoms with Crippen LogP contribution in [0.25, 0.3) is 11.2 Å². The van der Waals surface area contributed by atoms with Crippen molar-refractivity contribution in [1.29, 1.82) is 0 Å². The lowest BCUT2D eigenvalue weighted by molar-refractivity contribution is -0.384. The number of hydrogen-bond donors (Lipinski definition) is 3. The van der Waals surface area contributed by atoms with Gasteiger partial charge in [-0.3, -0.25) is 24.5 Å². The number of imidazole rings is 1. The minimum Gasteiger partial charge on any atom is -0.497 e. The number of benzene rings is 2. The molecular formula is C24H25N7O7. The zero-order chi connectivity index (χ0) is 27.4. The maximum absolute atomic E-state index is 12.7. The lowest BCUT2D eigenvalue weighted by Gasteiger charge is -2.15. The zero-order valence-corrected chi connectivity index (χ0v) is 20.7. The van der Waals surface area contributed by atoms with Gasteiger partial charge in [-0.05, 0) is 31.2 Å². The molecule has 2 aromatic carbocycles. The molecule has 4 aromatic rings. The van der Waals surface area contributed by atoms with Gasteiger partial charge >= 0.3 is 5.69 Å². The first kappa shape index (κ1) is 26.1. The smallest absolute Gasteiger partial charge is 0.329 e. The van der Waals surface area contributed by atoms with Gasteiger partial charge in [-0.25, -0.2) is 10.2 Å². The first-order valence-electron chi connectivity index (χ1n) is 11.4. The van der Waals surface area contributed by atoms with E-state index in [2.05, 4.69) is 20.5 Å². The maximum Gasteiger partial charge on any atom is 0.329 e. The lowest BCUT2D eigenvalue weighted by Crippen LogP contribution is -2.30. The molecule has 1 atom stereocenters. The number of rotatable bonds is 10. The van der Waals surface area contributed by atoms with Crippen LogP contribution in [0.15, 0.2) is 63.2 Å². The van der Waals surface area contributed by atoms with Gasteiger partial charge in [0.15, 0.2) is 11.2 Å². The van der Waals surface area contributed by atoms with Crippen LogP contribution in [-0.4, -0.2) is 54.7 Å². The predicted molar refractivity (Wildman–Crippen MR) is 139 cm³/mol. The highest BCUT2D eigenvalue weighted by Crippen LogP contribution is 2.20. The van der Waals surface area contributed by atoms with Gasteiger partial charge in [0.1, 0.15) is 24.2 Å². The number of aromatic amines is 1. The van der Waals surface area contributed by atoms with E-state index in [0.29, 0.717) is 22.8 Å². The van der Waals surface area contributed by atoms with Crippen molar-refractivity contribution in [3.05, 3.63) is 85.0 Å². The van der Waals surface area contributed by atoms with Crippen LogP contribution in [-0.2, 0) is 13.6 Å². The first-order chi connectivity index (χ1) is 18.2.